The molecule has 0 aliphatic carbocycles. The molecule has 1 amide bonds. The number of halogens is 1. The summed E-state index contributed by atoms with van der Waals surface area (Å²) in [6.07, 6.45) is 3.91. The molecule has 0 atom stereocenters. The third-order valence-electron chi connectivity index (χ3n) is 4.31. The number of benzene rings is 1. The molecule has 5 heteroatoms. The molecule has 0 saturated heterocycles. The first-order valence-corrected chi connectivity index (χ1v) is 8.48. The van der Waals surface area contributed by atoms with E-state index in [9.17, 15) is 4.79 Å². The van der Waals surface area contributed by atoms with Gasteiger partial charge >= 0.3 is 0 Å². The third-order valence-corrected chi connectivity index (χ3v) is 4.78. The van der Waals surface area contributed by atoms with Crippen molar-refractivity contribution in [1.82, 2.24) is 9.38 Å². The maximum Gasteiger partial charge on any atom is 0.277 e. The van der Waals surface area contributed by atoms with Crippen LogP contribution in [0, 0.1) is 6.92 Å². The Hall–Kier alpha value is -2.14. The van der Waals surface area contributed by atoms with E-state index < -0.39 is 0 Å². The summed E-state index contributed by atoms with van der Waals surface area (Å²) in [4.78, 5) is 19.6. The largest absolute Gasteiger partial charge is 0.307 e. The molecule has 0 fully saturated rings. The molecular formula is C18H16BrN3O. The van der Waals surface area contributed by atoms with E-state index in [0.717, 1.165) is 40.9 Å². The number of carbonyl (C=O) groups is 1. The molecular weight excluding hydrogens is 354 g/mol. The molecule has 1 aliphatic heterocycles. The summed E-state index contributed by atoms with van der Waals surface area (Å²) in [5.74, 6) is 0.0141. The van der Waals surface area contributed by atoms with E-state index in [0.29, 0.717) is 5.69 Å². The zero-order valence-corrected chi connectivity index (χ0v) is 14.4. The molecule has 1 aliphatic rings. The number of aromatic nitrogens is 2. The van der Waals surface area contributed by atoms with Crippen LogP contribution in [0.1, 0.15) is 28.2 Å². The molecule has 116 valence electrons. The number of amides is 1. The van der Waals surface area contributed by atoms with Crippen LogP contribution in [-0.2, 0) is 6.42 Å². The Kier molecular flexibility index (Phi) is 3.45. The van der Waals surface area contributed by atoms with E-state index in [2.05, 4.69) is 27.0 Å². The first-order chi connectivity index (χ1) is 11.1. The van der Waals surface area contributed by atoms with Crippen LogP contribution in [0.3, 0.4) is 0 Å². The van der Waals surface area contributed by atoms with Gasteiger partial charge in [-0.05, 0) is 59.5 Å². The number of para-hydroxylation sites is 1. The summed E-state index contributed by atoms with van der Waals surface area (Å²) >= 11 is 3.47. The van der Waals surface area contributed by atoms with Gasteiger partial charge in [-0.15, -0.1) is 0 Å². The normalized spacial score (nSPS) is 14.1. The monoisotopic (exact) mass is 369 g/mol. The standard InChI is InChI=1S/C18H16BrN3O/c1-12-17(22-11-14(19)8-9-16(22)20-12)18(23)21-10-4-6-13-5-2-3-7-15(13)21/h2-3,5,7-9,11H,4,6,10H2,1H3. The SMILES string of the molecule is Cc1nc2ccc(Br)cn2c1C(=O)N1CCCc2ccccc21. The van der Waals surface area contributed by atoms with Crippen LogP contribution in [0.4, 0.5) is 5.69 Å². The highest BCUT2D eigenvalue weighted by molar-refractivity contribution is 9.10. The fourth-order valence-corrected chi connectivity index (χ4v) is 3.60. The van der Waals surface area contributed by atoms with Crippen molar-refractivity contribution in [2.75, 3.05) is 11.4 Å². The minimum absolute atomic E-state index is 0.0141. The number of pyridine rings is 1. The Morgan fingerprint density at radius 1 is 1.22 bits per heavy atom. The molecule has 0 saturated carbocycles. The average molecular weight is 370 g/mol. The highest BCUT2D eigenvalue weighted by Gasteiger charge is 2.27. The summed E-state index contributed by atoms with van der Waals surface area (Å²) in [6.45, 7) is 2.64. The number of hydrogen-bond acceptors (Lipinski definition) is 2. The summed E-state index contributed by atoms with van der Waals surface area (Å²) in [5.41, 5.74) is 4.45. The highest BCUT2D eigenvalue weighted by atomic mass is 79.9. The van der Waals surface area contributed by atoms with E-state index in [4.69, 9.17) is 0 Å². The van der Waals surface area contributed by atoms with Gasteiger partial charge in [0.25, 0.3) is 5.91 Å². The van der Waals surface area contributed by atoms with Gasteiger partial charge in [0.2, 0.25) is 0 Å². The van der Waals surface area contributed by atoms with Crippen LogP contribution in [0.15, 0.2) is 47.1 Å². The predicted octanol–water partition coefficient (Wildman–Crippen LogP) is 4.00. The lowest BCUT2D eigenvalue weighted by Crippen LogP contribution is -2.36. The summed E-state index contributed by atoms with van der Waals surface area (Å²) in [5, 5.41) is 0. The number of fused-ring (bicyclic) bond motifs is 2. The number of anilines is 1. The van der Waals surface area contributed by atoms with Gasteiger partial charge in [0.1, 0.15) is 11.3 Å². The zero-order valence-electron chi connectivity index (χ0n) is 12.8. The molecule has 4 rings (SSSR count). The minimum Gasteiger partial charge on any atom is -0.307 e. The number of imidazole rings is 1. The average Bonchev–Trinajstić information content (AvgIpc) is 2.89. The molecule has 1 aromatic carbocycles. The molecule has 4 nitrogen and oxygen atoms in total. The van der Waals surface area contributed by atoms with Crippen molar-refractivity contribution >= 4 is 33.2 Å². The molecule has 2 aromatic heterocycles. The maximum absolute atomic E-state index is 13.2. The lowest BCUT2D eigenvalue weighted by molar-refractivity contribution is 0.0979. The Morgan fingerprint density at radius 3 is 2.91 bits per heavy atom. The molecule has 0 bridgehead atoms. The second-order valence-electron chi connectivity index (χ2n) is 5.81. The van der Waals surface area contributed by atoms with Gasteiger partial charge in [-0.25, -0.2) is 4.98 Å². The summed E-state index contributed by atoms with van der Waals surface area (Å²) < 4.78 is 2.80. The van der Waals surface area contributed by atoms with Crippen molar-refractivity contribution in [2.24, 2.45) is 0 Å². The number of hydrogen-bond donors (Lipinski definition) is 0. The van der Waals surface area contributed by atoms with Crippen molar-refractivity contribution in [3.05, 3.63) is 64.0 Å². The van der Waals surface area contributed by atoms with Gasteiger partial charge < -0.3 is 4.90 Å². The Labute approximate surface area is 142 Å². The van der Waals surface area contributed by atoms with Gasteiger partial charge in [-0.1, -0.05) is 18.2 Å². The van der Waals surface area contributed by atoms with Crippen molar-refractivity contribution in [2.45, 2.75) is 19.8 Å². The first kappa shape index (κ1) is 14.5. The van der Waals surface area contributed by atoms with E-state index in [1.54, 1.807) is 0 Å². The second kappa shape index (κ2) is 5.49. The van der Waals surface area contributed by atoms with E-state index in [1.807, 2.05) is 52.8 Å². The van der Waals surface area contributed by atoms with Gasteiger partial charge in [-0.3, -0.25) is 9.20 Å². The molecule has 23 heavy (non-hydrogen) atoms. The Bertz CT molecular complexity index is 916. The lowest BCUT2D eigenvalue weighted by atomic mass is 10.0. The van der Waals surface area contributed by atoms with Gasteiger partial charge in [-0.2, -0.15) is 0 Å². The van der Waals surface area contributed by atoms with Crippen molar-refractivity contribution in [3.63, 3.8) is 0 Å². The van der Waals surface area contributed by atoms with Crippen LogP contribution in [0.25, 0.3) is 5.65 Å². The fraction of sp³-hybridized carbons (Fsp3) is 0.222. The summed E-state index contributed by atoms with van der Waals surface area (Å²) in [7, 11) is 0. The van der Waals surface area contributed by atoms with Crippen LogP contribution in [0.5, 0.6) is 0 Å². The van der Waals surface area contributed by atoms with Crippen molar-refractivity contribution < 1.29 is 4.79 Å². The van der Waals surface area contributed by atoms with Crippen molar-refractivity contribution in [3.8, 4) is 0 Å². The number of nitrogens with zero attached hydrogens (tertiary/aromatic N) is 3. The minimum atomic E-state index is 0.0141. The molecule has 0 N–H and O–H groups in total. The van der Waals surface area contributed by atoms with Crippen molar-refractivity contribution in [1.29, 1.82) is 0 Å². The zero-order chi connectivity index (χ0) is 16.0. The smallest absolute Gasteiger partial charge is 0.277 e. The Balaban J connectivity index is 1.85. The molecule has 3 heterocycles. The highest BCUT2D eigenvalue weighted by Crippen LogP contribution is 2.29. The van der Waals surface area contributed by atoms with E-state index >= 15 is 0 Å². The van der Waals surface area contributed by atoms with Gasteiger partial charge in [0.15, 0.2) is 0 Å². The predicted molar refractivity (Wildman–Crippen MR) is 94.1 cm³/mol. The van der Waals surface area contributed by atoms with Crippen LogP contribution < -0.4 is 4.90 Å². The maximum atomic E-state index is 13.2. The number of carbonyl (C=O) groups excluding carboxylic acids is 1. The van der Waals surface area contributed by atoms with Crippen LogP contribution in [-0.4, -0.2) is 21.8 Å². The van der Waals surface area contributed by atoms with E-state index in [1.165, 1.54) is 5.56 Å². The summed E-state index contributed by atoms with van der Waals surface area (Å²) in [6, 6.07) is 12.0. The molecule has 0 unspecified atom stereocenters. The number of rotatable bonds is 1. The molecule has 0 spiro atoms. The van der Waals surface area contributed by atoms with Gasteiger partial charge in [0, 0.05) is 22.9 Å². The third kappa shape index (κ3) is 2.36. The van der Waals surface area contributed by atoms with E-state index in [-0.39, 0.29) is 5.91 Å². The lowest BCUT2D eigenvalue weighted by Gasteiger charge is -2.29. The number of aryl methyl sites for hydroxylation is 2. The van der Waals surface area contributed by atoms with Gasteiger partial charge in [0.05, 0.1) is 5.69 Å². The first-order valence-electron chi connectivity index (χ1n) is 7.69. The quantitative estimate of drug-likeness (QED) is 0.650. The fourth-order valence-electron chi connectivity index (χ4n) is 3.27. The molecule has 0 radical (unpaired) electrons. The van der Waals surface area contributed by atoms with Crippen LogP contribution in [0.2, 0.25) is 0 Å². The topological polar surface area (TPSA) is 37.6 Å². The second-order valence-corrected chi connectivity index (χ2v) is 6.73. The van der Waals surface area contributed by atoms with Crippen LogP contribution >= 0.6 is 15.9 Å². The Morgan fingerprint density at radius 2 is 2.04 bits per heavy atom. The molecule has 3 aromatic rings.